The van der Waals surface area contributed by atoms with E-state index in [-0.39, 0.29) is 12.1 Å². The molecule has 19 heavy (non-hydrogen) atoms. The van der Waals surface area contributed by atoms with Crippen LogP contribution in [0.2, 0.25) is 0 Å². The van der Waals surface area contributed by atoms with Crippen molar-refractivity contribution in [2.45, 2.75) is 32.8 Å². The van der Waals surface area contributed by atoms with E-state index in [0.717, 1.165) is 25.1 Å². The summed E-state index contributed by atoms with van der Waals surface area (Å²) in [5.41, 5.74) is 2.94. The van der Waals surface area contributed by atoms with Gasteiger partial charge in [0, 0.05) is 18.8 Å². The summed E-state index contributed by atoms with van der Waals surface area (Å²) in [6, 6.07) is 5.70. The highest BCUT2D eigenvalue weighted by Gasteiger charge is 2.15. The number of nitrogens with one attached hydrogen (secondary N) is 1. The van der Waals surface area contributed by atoms with Gasteiger partial charge in [0.15, 0.2) is 0 Å². The average Bonchev–Trinajstić information content (AvgIpc) is 2.44. The molecule has 0 radical (unpaired) electrons. The number of benzene rings is 1. The molecule has 1 N–H and O–H groups in total. The molecule has 104 valence electrons. The fourth-order valence-corrected chi connectivity index (χ4v) is 2.17. The van der Waals surface area contributed by atoms with Crippen LogP contribution in [0, 0.1) is 0 Å². The van der Waals surface area contributed by atoms with Crippen molar-refractivity contribution in [1.82, 2.24) is 0 Å². The molecule has 2 rings (SSSR count). The van der Waals surface area contributed by atoms with Crippen LogP contribution in [-0.2, 0) is 15.9 Å². The largest absolute Gasteiger partial charge is 0.457 e. The van der Waals surface area contributed by atoms with E-state index in [4.69, 9.17) is 9.47 Å². The maximum absolute atomic E-state index is 12.0. The molecule has 1 aromatic carbocycles. The van der Waals surface area contributed by atoms with Gasteiger partial charge in [-0.15, -0.1) is 0 Å². The summed E-state index contributed by atoms with van der Waals surface area (Å²) in [6.07, 6.45) is 1.89. The number of fused-ring (bicyclic) bond motifs is 1. The quantitative estimate of drug-likeness (QED) is 0.830. The molecule has 0 amide bonds. The van der Waals surface area contributed by atoms with E-state index in [2.05, 4.69) is 5.32 Å². The lowest BCUT2D eigenvalue weighted by Gasteiger charge is -2.19. The number of carbonyl (C=O) groups is 1. The summed E-state index contributed by atoms with van der Waals surface area (Å²) in [7, 11) is 0. The SMILES string of the molecule is CCOCC(C)OC(=O)c1ccc2c(c1)CCCN2. The van der Waals surface area contributed by atoms with Gasteiger partial charge < -0.3 is 14.8 Å². The Bertz CT molecular complexity index is 445. The molecule has 0 bridgehead atoms. The second kappa shape index (κ2) is 6.57. The van der Waals surface area contributed by atoms with Crippen molar-refractivity contribution < 1.29 is 14.3 Å². The maximum Gasteiger partial charge on any atom is 0.338 e. The van der Waals surface area contributed by atoms with Gasteiger partial charge in [-0.25, -0.2) is 4.79 Å². The normalized spacial score (nSPS) is 15.3. The number of hydrogen-bond acceptors (Lipinski definition) is 4. The molecule has 4 heteroatoms. The molecule has 1 aliphatic rings. The molecule has 1 aliphatic heterocycles. The molecule has 0 aliphatic carbocycles. The second-order valence-electron chi connectivity index (χ2n) is 4.78. The van der Waals surface area contributed by atoms with Crippen molar-refractivity contribution in [3.63, 3.8) is 0 Å². The number of rotatable bonds is 5. The lowest BCUT2D eigenvalue weighted by molar-refractivity contribution is 0.00439. The third-order valence-corrected chi connectivity index (χ3v) is 3.14. The molecule has 1 atom stereocenters. The minimum atomic E-state index is -0.277. The van der Waals surface area contributed by atoms with Crippen LogP contribution in [0.1, 0.15) is 36.2 Å². The topological polar surface area (TPSA) is 47.6 Å². The summed E-state index contributed by atoms with van der Waals surface area (Å²) in [4.78, 5) is 12.0. The number of anilines is 1. The summed E-state index contributed by atoms with van der Waals surface area (Å²) in [5, 5.41) is 3.33. The first-order chi connectivity index (χ1) is 9.20. The van der Waals surface area contributed by atoms with Gasteiger partial charge in [-0.1, -0.05) is 0 Å². The minimum Gasteiger partial charge on any atom is -0.457 e. The molecule has 1 heterocycles. The Hall–Kier alpha value is -1.55. The zero-order valence-electron chi connectivity index (χ0n) is 11.6. The fourth-order valence-electron chi connectivity index (χ4n) is 2.17. The molecule has 0 spiro atoms. The van der Waals surface area contributed by atoms with Crippen LogP contribution in [0.4, 0.5) is 5.69 Å². The fraction of sp³-hybridized carbons (Fsp3) is 0.533. The predicted molar refractivity (Wildman–Crippen MR) is 74.6 cm³/mol. The van der Waals surface area contributed by atoms with Crippen LogP contribution in [0.3, 0.4) is 0 Å². The third kappa shape index (κ3) is 3.70. The molecule has 0 saturated heterocycles. The van der Waals surface area contributed by atoms with Crippen molar-refractivity contribution in [1.29, 1.82) is 0 Å². The molecular formula is C15H21NO3. The Morgan fingerprint density at radius 2 is 2.32 bits per heavy atom. The zero-order valence-corrected chi connectivity index (χ0v) is 11.6. The zero-order chi connectivity index (χ0) is 13.7. The van der Waals surface area contributed by atoms with Crippen LogP contribution >= 0.6 is 0 Å². The Morgan fingerprint density at radius 3 is 3.11 bits per heavy atom. The molecule has 0 saturated carbocycles. The smallest absolute Gasteiger partial charge is 0.338 e. The van der Waals surface area contributed by atoms with E-state index in [1.54, 1.807) is 0 Å². The lowest BCUT2D eigenvalue weighted by atomic mass is 10.0. The molecule has 0 aromatic heterocycles. The number of aryl methyl sites for hydroxylation is 1. The van der Waals surface area contributed by atoms with Crippen molar-refractivity contribution in [3.05, 3.63) is 29.3 Å². The third-order valence-electron chi connectivity index (χ3n) is 3.14. The summed E-state index contributed by atoms with van der Waals surface area (Å²) >= 11 is 0. The highest BCUT2D eigenvalue weighted by molar-refractivity contribution is 5.90. The molecule has 1 aromatic rings. The predicted octanol–water partition coefficient (Wildman–Crippen LogP) is 2.63. The van der Waals surface area contributed by atoms with Crippen molar-refractivity contribution in [3.8, 4) is 0 Å². The Labute approximate surface area is 114 Å². The van der Waals surface area contributed by atoms with Gasteiger partial charge in [-0.05, 0) is 50.5 Å². The highest BCUT2D eigenvalue weighted by atomic mass is 16.6. The van der Waals surface area contributed by atoms with Gasteiger partial charge in [0.25, 0.3) is 0 Å². The number of hydrogen-bond donors (Lipinski definition) is 1. The van der Waals surface area contributed by atoms with Crippen molar-refractivity contribution in [2.24, 2.45) is 0 Å². The van der Waals surface area contributed by atoms with Gasteiger partial charge in [0.2, 0.25) is 0 Å². The van der Waals surface area contributed by atoms with Gasteiger partial charge in [0.1, 0.15) is 6.10 Å². The van der Waals surface area contributed by atoms with E-state index in [9.17, 15) is 4.79 Å². The molecule has 1 unspecified atom stereocenters. The average molecular weight is 263 g/mol. The Morgan fingerprint density at radius 1 is 1.47 bits per heavy atom. The van der Waals surface area contributed by atoms with Gasteiger partial charge in [-0.3, -0.25) is 0 Å². The van der Waals surface area contributed by atoms with Crippen LogP contribution in [0.5, 0.6) is 0 Å². The van der Waals surface area contributed by atoms with E-state index < -0.39 is 0 Å². The number of ether oxygens (including phenoxy) is 2. The molecule has 4 nitrogen and oxygen atoms in total. The minimum absolute atomic E-state index is 0.221. The standard InChI is InChI=1S/C15H21NO3/c1-3-18-10-11(2)19-15(17)13-6-7-14-12(9-13)5-4-8-16-14/h6-7,9,11,16H,3-5,8,10H2,1-2H3. The first-order valence-corrected chi connectivity index (χ1v) is 6.86. The maximum atomic E-state index is 12.0. The van der Waals surface area contributed by atoms with Crippen molar-refractivity contribution >= 4 is 11.7 Å². The highest BCUT2D eigenvalue weighted by Crippen LogP contribution is 2.23. The van der Waals surface area contributed by atoms with Gasteiger partial charge in [0.05, 0.1) is 12.2 Å². The van der Waals surface area contributed by atoms with Crippen LogP contribution in [0.15, 0.2) is 18.2 Å². The Balaban J connectivity index is 1.99. The summed E-state index contributed by atoms with van der Waals surface area (Å²) in [5.74, 6) is -0.277. The van der Waals surface area contributed by atoms with E-state index in [1.165, 1.54) is 5.56 Å². The van der Waals surface area contributed by atoms with E-state index in [0.29, 0.717) is 18.8 Å². The molecular weight excluding hydrogens is 242 g/mol. The first kappa shape index (κ1) is 13.9. The van der Waals surface area contributed by atoms with Crippen LogP contribution in [-0.4, -0.2) is 31.8 Å². The monoisotopic (exact) mass is 263 g/mol. The van der Waals surface area contributed by atoms with Crippen LogP contribution in [0.25, 0.3) is 0 Å². The summed E-state index contributed by atoms with van der Waals surface area (Å²) < 4.78 is 10.6. The summed E-state index contributed by atoms with van der Waals surface area (Å²) in [6.45, 7) is 5.84. The molecule has 0 fully saturated rings. The lowest BCUT2D eigenvalue weighted by Crippen LogP contribution is -2.21. The second-order valence-corrected chi connectivity index (χ2v) is 4.78. The van der Waals surface area contributed by atoms with Gasteiger partial charge >= 0.3 is 5.97 Å². The van der Waals surface area contributed by atoms with Gasteiger partial charge in [-0.2, -0.15) is 0 Å². The number of carbonyl (C=O) groups excluding carboxylic acids is 1. The van der Waals surface area contributed by atoms with E-state index in [1.807, 2.05) is 32.0 Å². The van der Waals surface area contributed by atoms with Crippen molar-refractivity contribution in [2.75, 3.05) is 25.1 Å². The Kier molecular flexibility index (Phi) is 4.80. The van der Waals surface area contributed by atoms with E-state index >= 15 is 0 Å². The first-order valence-electron chi connectivity index (χ1n) is 6.86. The number of esters is 1. The van der Waals surface area contributed by atoms with Crippen LogP contribution < -0.4 is 5.32 Å².